The minimum absolute atomic E-state index is 0.344. The minimum atomic E-state index is 0.344. The Morgan fingerprint density at radius 2 is 2.13 bits per heavy atom. The van der Waals surface area contributed by atoms with E-state index in [9.17, 15) is 0 Å². The molecular formula is C21H22BrN. The van der Waals surface area contributed by atoms with Gasteiger partial charge in [-0.2, -0.15) is 0 Å². The highest BCUT2D eigenvalue weighted by Gasteiger charge is 2.19. The molecule has 0 spiro atoms. The van der Waals surface area contributed by atoms with Crippen LogP contribution in [0, 0.1) is 5.92 Å². The summed E-state index contributed by atoms with van der Waals surface area (Å²) in [5, 5.41) is 0. The molecule has 0 N–H and O–H groups in total. The Morgan fingerprint density at radius 3 is 2.87 bits per heavy atom. The van der Waals surface area contributed by atoms with E-state index >= 15 is 0 Å². The number of rotatable bonds is 2. The van der Waals surface area contributed by atoms with Gasteiger partial charge in [-0.15, -0.1) is 0 Å². The van der Waals surface area contributed by atoms with Crippen LogP contribution in [0.25, 0.3) is 0 Å². The molecule has 0 heterocycles. The number of aryl methyl sites for hydroxylation is 1. The number of benzene rings is 1. The lowest BCUT2D eigenvalue weighted by Crippen LogP contribution is -2.09. The van der Waals surface area contributed by atoms with Gasteiger partial charge in [0.25, 0.3) is 0 Å². The summed E-state index contributed by atoms with van der Waals surface area (Å²) in [7, 11) is 0. The first-order chi connectivity index (χ1) is 11.2. The maximum absolute atomic E-state index is 5.07. The largest absolute Gasteiger partial charge is 0.252 e. The van der Waals surface area contributed by atoms with E-state index in [0.717, 1.165) is 47.1 Å². The summed E-state index contributed by atoms with van der Waals surface area (Å²) in [5.41, 5.74) is 6.01. The van der Waals surface area contributed by atoms with Gasteiger partial charge in [-0.3, -0.25) is 4.99 Å². The lowest BCUT2D eigenvalue weighted by molar-refractivity contribution is 0.753. The first-order valence-corrected chi connectivity index (χ1v) is 9.03. The molecule has 0 saturated heterocycles. The van der Waals surface area contributed by atoms with Crippen LogP contribution >= 0.6 is 15.9 Å². The standard InChI is InChI=1S/C21H22BrN/c1-3-20(17-11-13-18(22)14-12-17)23-21-15(2)7-6-9-16-8-4-5-10-19(16)21/h3-5,8,10-11,13-14,17H,2,6-7,9,12H2,1H3/b20-3-,23-21?. The van der Waals surface area contributed by atoms with E-state index in [2.05, 4.69) is 78.0 Å². The fraction of sp³-hybridized carbons (Fsp3) is 0.286. The highest BCUT2D eigenvalue weighted by Crippen LogP contribution is 2.30. The molecule has 0 bridgehead atoms. The predicted octanol–water partition coefficient (Wildman–Crippen LogP) is 6.13. The molecule has 0 fully saturated rings. The Kier molecular flexibility index (Phi) is 5.12. The van der Waals surface area contributed by atoms with Gasteiger partial charge in [0.15, 0.2) is 0 Å². The first kappa shape index (κ1) is 16.2. The third-order valence-corrected chi connectivity index (χ3v) is 5.09. The van der Waals surface area contributed by atoms with Crippen LogP contribution in [0.2, 0.25) is 0 Å². The number of hydrogen-bond donors (Lipinski definition) is 0. The smallest absolute Gasteiger partial charge is 0.0734 e. The number of hydrogen-bond acceptors (Lipinski definition) is 1. The zero-order chi connectivity index (χ0) is 16.2. The SMILES string of the molecule is C=C1CCCc2ccccc2C1=N/C(=C\C)C1C=CC(Br)=CC1. The Hall–Kier alpha value is -1.67. The van der Waals surface area contributed by atoms with E-state index in [1.807, 2.05) is 0 Å². The average molecular weight is 368 g/mol. The van der Waals surface area contributed by atoms with Gasteiger partial charge in [0.1, 0.15) is 0 Å². The highest BCUT2D eigenvalue weighted by atomic mass is 79.9. The first-order valence-electron chi connectivity index (χ1n) is 8.24. The van der Waals surface area contributed by atoms with Crippen LogP contribution < -0.4 is 0 Å². The molecule has 1 aromatic rings. The van der Waals surface area contributed by atoms with Crippen LogP contribution in [0.1, 0.15) is 37.3 Å². The van der Waals surface area contributed by atoms with E-state index in [0.29, 0.717) is 5.92 Å². The van der Waals surface area contributed by atoms with Crippen LogP contribution in [-0.4, -0.2) is 5.71 Å². The molecule has 2 aliphatic carbocycles. The van der Waals surface area contributed by atoms with Crippen molar-refractivity contribution in [3.05, 3.63) is 82.0 Å². The van der Waals surface area contributed by atoms with Crippen molar-refractivity contribution < 1.29 is 0 Å². The third-order valence-electron chi connectivity index (χ3n) is 4.50. The number of fused-ring (bicyclic) bond motifs is 1. The van der Waals surface area contributed by atoms with Crippen molar-refractivity contribution in [2.24, 2.45) is 10.9 Å². The molecule has 0 aromatic heterocycles. The minimum Gasteiger partial charge on any atom is -0.252 e. The van der Waals surface area contributed by atoms with Crippen LogP contribution in [0.3, 0.4) is 0 Å². The molecule has 23 heavy (non-hydrogen) atoms. The summed E-state index contributed by atoms with van der Waals surface area (Å²) in [6.45, 7) is 6.38. The van der Waals surface area contributed by atoms with E-state index in [1.165, 1.54) is 11.1 Å². The van der Waals surface area contributed by atoms with Crippen molar-refractivity contribution in [3.8, 4) is 0 Å². The van der Waals surface area contributed by atoms with Gasteiger partial charge in [0, 0.05) is 21.7 Å². The van der Waals surface area contributed by atoms with Crippen LogP contribution in [0.15, 0.2) is 75.9 Å². The summed E-state index contributed by atoms with van der Waals surface area (Å²) in [5.74, 6) is 0.344. The fourth-order valence-corrected chi connectivity index (χ4v) is 3.55. The summed E-state index contributed by atoms with van der Waals surface area (Å²) in [6, 6.07) is 8.63. The Morgan fingerprint density at radius 1 is 1.30 bits per heavy atom. The van der Waals surface area contributed by atoms with E-state index in [4.69, 9.17) is 4.99 Å². The van der Waals surface area contributed by atoms with Crippen LogP contribution in [-0.2, 0) is 6.42 Å². The molecule has 1 unspecified atom stereocenters. The van der Waals surface area contributed by atoms with E-state index in [-0.39, 0.29) is 0 Å². The lowest BCUT2D eigenvalue weighted by atomic mass is 9.95. The summed E-state index contributed by atoms with van der Waals surface area (Å²) in [4.78, 5) is 5.07. The molecule has 1 atom stereocenters. The van der Waals surface area contributed by atoms with Gasteiger partial charge in [0.05, 0.1) is 5.71 Å². The summed E-state index contributed by atoms with van der Waals surface area (Å²) < 4.78 is 1.15. The summed E-state index contributed by atoms with van der Waals surface area (Å²) in [6.07, 6.45) is 13.0. The molecule has 2 heteroatoms. The van der Waals surface area contributed by atoms with Gasteiger partial charge in [0.2, 0.25) is 0 Å². The van der Waals surface area contributed by atoms with Crippen molar-refractivity contribution >= 4 is 21.6 Å². The topological polar surface area (TPSA) is 12.4 Å². The van der Waals surface area contributed by atoms with E-state index in [1.54, 1.807) is 0 Å². The zero-order valence-corrected chi connectivity index (χ0v) is 15.1. The summed E-state index contributed by atoms with van der Waals surface area (Å²) >= 11 is 3.53. The highest BCUT2D eigenvalue weighted by molar-refractivity contribution is 9.11. The van der Waals surface area contributed by atoms with Crippen molar-refractivity contribution in [2.75, 3.05) is 0 Å². The Balaban J connectivity index is 1.99. The third kappa shape index (κ3) is 3.64. The molecule has 1 aromatic carbocycles. The number of aliphatic imine (C=N–C) groups is 1. The van der Waals surface area contributed by atoms with Gasteiger partial charge in [-0.05, 0) is 43.7 Å². The van der Waals surface area contributed by atoms with Crippen molar-refractivity contribution in [2.45, 2.75) is 32.6 Å². The van der Waals surface area contributed by atoms with Gasteiger partial charge in [-0.1, -0.05) is 71.1 Å². The quantitative estimate of drug-likeness (QED) is 0.557. The van der Waals surface area contributed by atoms with E-state index < -0.39 is 0 Å². The maximum Gasteiger partial charge on any atom is 0.0734 e. The number of halogens is 1. The average Bonchev–Trinajstić information content (AvgIpc) is 2.72. The second-order valence-corrected chi connectivity index (χ2v) is 6.99. The number of nitrogens with zero attached hydrogens (tertiary/aromatic N) is 1. The molecule has 1 nitrogen and oxygen atoms in total. The van der Waals surface area contributed by atoms with Gasteiger partial charge in [-0.25, -0.2) is 0 Å². The molecule has 0 saturated carbocycles. The zero-order valence-electron chi connectivity index (χ0n) is 13.6. The monoisotopic (exact) mass is 367 g/mol. The molecule has 0 radical (unpaired) electrons. The predicted molar refractivity (Wildman–Crippen MR) is 103 cm³/mol. The van der Waals surface area contributed by atoms with Crippen molar-refractivity contribution in [1.29, 1.82) is 0 Å². The molecular weight excluding hydrogens is 346 g/mol. The Labute approximate surface area is 147 Å². The van der Waals surface area contributed by atoms with Gasteiger partial charge < -0.3 is 0 Å². The fourth-order valence-electron chi connectivity index (χ4n) is 3.21. The molecule has 2 aliphatic rings. The number of allylic oxidation sites excluding steroid dienone is 6. The van der Waals surface area contributed by atoms with Crippen LogP contribution in [0.4, 0.5) is 0 Å². The Bertz CT molecular complexity index is 734. The van der Waals surface area contributed by atoms with Crippen molar-refractivity contribution in [1.82, 2.24) is 0 Å². The molecule has 0 aliphatic heterocycles. The van der Waals surface area contributed by atoms with Crippen LogP contribution in [0.5, 0.6) is 0 Å². The maximum atomic E-state index is 5.07. The van der Waals surface area contributed by atoms with Gasteiger partial charge >= 0.3 is 0 Å². The van der Waals surface area contributed by atoms with Crippen molar-refractivity contribution in [3.63, 3.8) is 0 Å². The second-order valence-electron chi connectivity index (χ2n) is 6.08. The normalized spacial score (nSPS) is 23.5. The molecule has 3 rings (SSSR count). The molecule has 0 amide bonds. The molecule has 118 valence electrons. The second kappa shape index (κ2) is 7.27. The lowest BCUT2D eigenvalue weighted by Gasteiger charge is -2.17.